The lowest BCUT2D eigenvalue weighted by atomic mass is 10.1. The normalized spacial score (nSPS) is 22.4. The zero-order chi connectivity index (χ0) is 26.2. The van der Waals surface area contributed by atoms with Crippen LogP contribution in [-0.2, 0) is 10.0 Å². The van der Waals surface area contributed by atoms with Crippen molar-refractivity contribution >= 4 is 20.9 Å². The second-order valence-electron chi connectivity index (χ2n) is 9.92. The van der Waals surface area contributed by atoms with Crippen molar-refractivity contribution in [2.75, 3.05) is 13.1 Å². The fourth-order valence-corrected chi connectivity index (χ4v) is 7.27. The minimum atomic E-state index is -2.94. The van der Waals surface area contributed by atoms with Gasteiger partial charge >= 0.3 is 0 Å². The highest BCUT2D eigenvalue weighted by molar-refractivity contribution is 7.90. The van der Waals surface area contributed by atoms with Crippen molar-refractivity contribution in [3.63, 3.8) is 0 Å². The quantitative estimate of drug-likeness (QED) is 0.317. The zero-order valence-corrected chi connectivity index (χ0v) is 22.4. The molecule has 7 rings (SSSR count). The van der Waals surface area contributed by atoms with Crippen LogP contribution in [0.4, 0.5) is 4.39 Å². The number of sulfonamides is 1. The highest BCUT2D eigenvalue weighted by atomic mass is 32.2. The van der Waals surface area contributed by atoms with Crippen molar-refractivity contribution in [3.8, 4) is 5.69 Å². The van der Waals surface area contributed by atoms with E-state index < -0.39 is 10.0 Å². The molecule has 3 aromatic carbocycles. The molecule has 0 amide bonds. The maximum absolute atomic E-state index is 12.9. The molecule has 0 spiro atoms. The van der Waals surface area contributed by atoms with Crippen LogP contribution >= 0.6 is 0 Å². The van der Waals surface area contributed by atoms with Crippen molar-refractivity contribution in [1.29, 1.82) is 0 Å². The summed E-state index contributed by atoms with van der Waals surface area (Å²) in [6, 6.07) is 23.0. The van der Waals surface area contributed by atoms with Gasteiger partial charge in [-0.15, -0.1) is 0 Å². The van der Waals surface area contributed by atoms with E-state index in [9.17, 15) is 12.8 Å². The first-order valence-corrected chi connectivity index (χ1v) is 14.7. The van der Waals surface area contributed by atoms with Crippen LogP contribution in [0.5, 0.6) is 0 Å². The molecule has 3 fully saturated rings. The number of hydrogen-bond donors (Lipinski definition) is 0. The van der Waals surface area contributed by atoms with Gasteiger partial charge in [-0.1, -0.05) is 56.3 Å². The van der Waals surface area contributed by atoms with Crippen LogP contribution in [0, 0.1) is 24.6 Å². The SMILES string of the molecule is CC.Cc1ccc2cnn(-c3ccc(F)cc3)c2c1.O=S(=O)(C1CC1)N1CC2C(c3ccccc3)[C@H]2C1. The van der Waals surface area contributed by atoms with Gasteiger partial charge in [-0.05, 0) is 79.0 Å². The van der Waals surface area contributed by atoms with Crippen LogP contribution in [0.2, 0.25) is 0 Å². The Balaban J connectivity index is 0.000000142. The highest BCUT2D eigenvalue weighted by Gasteiger charge is 2.59. The molecular formula is C30H34FN3O2S. The van der Waals surface area contributed by atoms with Crippen LogP contribution in [0.25, 0.3) is 16.6 Å². The number of hydrogen-bond acceptors (Lipinski definition) is 3. The van der Waals surface area contributed by atoms with Gasteiger partial charge in [0.05, 0.1) is 22.7 Å². The molecule has 1 aromatic heterocycles. The maximum Gasteiger partial charge on any atom is 0.217 e. The summed E-state index contributed by atoms with van der Waals surface area (Å²) in [7, 11) is -2.94. The van der Waals surface area contributed by atoms with Gasteiger partial charge in [0.25, 0.3) is 0 Å². The van der Waals surface area contributed by atoms with Crippen molar-refractivity contribution < 1.29 is 12.8 Å². The molecule has 3 atom stereocenters. The van der Waals surface area contributed by atoms with Crippen molar-refractivity contribution in [2.45, 2.75) is 44.8 Å². The van der Waals surface area contributed by atoms with Crippen molar-refractivity contribution in [3.05, 3.63) is 95.9 Å². The van der Waals surface area contributed by atoms with E-state index in [2.05, 4.69) is 41.5 Å². The Hall–Kier alpha value is -3.03. The molecule has 0 radical (unpaired) electrons. The first-order chi connectivity index (χ1) is 17.9. The van der Waals surface area contributed by atoms with Gasteiger partial charge in [0, 0.05) is 18.5 Å². The number of nitrogens with zero attached hydrogens (tertiary/aromatic N) is 3. The lowest BCUT2D eigenvalue weighted by Gasteiger charge is -2.19. The van der Waals surface area contributed by atoms with E-state index in [4.69, 9.17) is 0 Å². The average Bonchev–Trinajstić information content (AvgIpc) is 3.81. The summed E-state index contributed by atoms with van der Waals surface area (Å²) < 4.78 is 40.7. The number of halogens is 1. The number of piperidine rings is 1. The molecule has 2 aliphatic carbocycles. The molecule has 5 nitrogen and oxygen atoms in total. The Bertz CT molecular complexity index is 1450. The fraction of sp³-hybridized carbons (Fsp3) is 0.367. The zero-order valence-electron chi connectivity index (χ0n) is 21.6. The third-order valence-corrected chi connectivity index (χ3v) is 9.78. The monoisotopic (exact) mass is 519 g/mol. The Morgan fingerprint density at radius 1 is 0.892 bits per heavy atom. The number of aryl methyl sites for hydroxylation is 1. The molecular weight excluding hydrogens is 485 g/mol. The van der Waals surface area contributed by atoms with Crippen LogP contribution in [0.15, 0.2) is 79.0 Å². The third kappa shape index (κ3) is 5.20. The Morgan fingerprint density at radius 3 is 2.16 bits per heavy atom. The van der Waals surface area contributed by atoms with E-state index in [1.807, 2.05) is 43.8 Å². The lowest BCUT2D eigenvalue weighted by Crippen LogP contribution is -2.34. The largest absolute Gasteiger partial charge is 0.233 e. The van der Waals surface area contributed by atoms with Crippen LogP contribution < -0.4 is 0 Å². The summed E-state index contributed by atoms with van der Waals surface area (Å²) in [6.45, 7) is 7.55. The molecule has 0 bridgehead atoms. The van der Waals surface area contributed by atoms with E-state index in [1.165, 1.54) is 23.3 Å². The molecule has 2 saturated carbocycles. The molecule has 4 aromatic rings. The molecule has 3 aliphatic rings. The van der Waals surface area contributed by atoms with E-state index >= 15 is 0 Å². The molecule has 7 heteroatoms. The molecule has 2 unspecified atom stereocenters. The first-order valence-electron chi connectivity index (χ1n) is 13.2. The molecule has 1 saturated heterocycles. The van der Waals surface area contributed by atoms with E-state index in [0.717, 1.165) is 42.5 Å². The Kier molecular flexibility index (Phi) is 7.19. The lowest BCUT2D eigenvalue weighted by molar-refractivity contribution is 0.431. The van der Waals surface area contributed by atoms with Gasteiger partial charge in [-0.3, -0.25) is 0 Å². The van der Waals surface area contributed by atoms with E-state index in [0.29, 0.717) is 17.8 Å². The van der Waals surface area contributed by atoms with Gasteiger partial charge in [-0.2, -0.15) is 5.10 Å². The minimum absolute atomic E-state index is 0.0508. The van der Waals surface area contributed by atoms with Crippen LogP contribution in [0.1, 0.15) is 43.7 Å². The van der Waals surface area contributed by atoms with Crippen molar-refractivity contribution in [2.24, 2.45) is 11.8 Å². The van der Waals surface area contributed by atoms with E-state index in [1.54, 1.807) is 16.4 Å². The number of aromatic nitrogens is 2. The summed E-state index contributed by atoms with van der Waals surface area (Å²) in [5.74, 6) is 1.51. The minimum Gasteiger partial charge on any atom is -0.233 e. The first kappa shape index (κ1) is 25.6. The molecule has 194 valence electrons. The Morgan fingerprint density at radius 2 is 1.54 bits per heavy atom. The fourth-order valence-electron chi connectivity index (χ4n) is 5.36. The van der Waals surface area contributed by atoms with Gasteiger partial charge in [0.2, 0.25) is 10.0 Å². The molecule has 1 aliphatic heterocycles. The van der Waals surface area contributed by atoms with Crippen molar-refractivity contribution in [1.82, 2.24) is 14.1 Å². The van der Waals surface area contributed by atoms with Gasteiger partial charge in [-0.25, -0.2) is 21.8 Å². The number of fused-ring (bicyclic) bond motifs is 2. The second-order valence-corrected chi connectivity index (χ2v) is 12.1. The molecule has 2 heterocycles. The van der Waals surface area contributed by atoms with E-state index in [-0.39, 0.29) is 11.1 Å². The third-order valence-electron chi connectivity index (χ3n) is 7.45. The number of rotatable bonds is 4. The van der Waals surface area contributed by atoms with Crippen LogP contribution in [-0.4, -0.2) is 40.8 Å². The predicted octanol–water partition coefficient (Wildman–Crippen LogP) is 6.32. The predicted molar refractivity (Wildman–Crippen MR) is 147 cm³/mol. The summed E-state index contributed by atoms with van der Waals surface area (Å²) in [6.07, 6.45) is 3.56. The highest BCUT2D eigenvalue weighted by Crippen LogP contribution is 2.59. The van der Waals surface area contributed by atoms with Gasteiger partial charge in [0.1, 0.15) is 5.82 Å². The second kappa shape index (κ2) is 10.4. The standard InChI is InChI=1S/C14H11FN2.C14H17NO2S.C2H6/c1-10-2-3-11-9-16-17(14(11)8-10)13-6-4-12(15)5-7-13;16-18(17,11-6-7-11)15-8-12-13(9-15)14(12)10-4-2-1-3-5-10;1-2/h2-9H,1H3;1-5,11-14H,6-9H2;1-2H3/t;12-,13?,14?;/m.0./s1. The van der Waals surface area contributed by atoms with Gasteiger partial charge < -0.3 is 0 Å². The summed E-state index contributed by atoms with van der Waals surface area (Å²) in [5.41, 5.74) is 4.47. The molecule has 37 heavy (non-hydrogen) atoms. The van der Waals surface area contributed by atoms with Crippen LogP contribution in [0.3, 0.4) is 0 Å². The summed E-state index contributed by atoms with van der Waals surface area (Å²) in [4.78, 5) is 0. The maximum atomic E-state index is 12.9. The van der Waals surface area contributed by atoms with Gasteiger partial charge in [0.15, 0.2) is 0 Å². The smallest absolute Gasteiger partial charge is 0.217 e. The Labute approximate surface area is 219 Å². The summed E-state index contributed by atoms with van der Waals surface area (Å²) in [5, 5.41) is 5.36. The number of benzene rings is 3. The molecule has 0 N–H and O–H groups in total. The average molecular weight is 520 g/mol. The topological polar surface area (TPSA) is 55.2 Å². The summed E-state index contributed by atoms with van der Waals surface area (Å²) >= 11 is 0.